The number of hydroxylamine groups is 2. The first kappa shape index (κ1) is 44.7. The Labute approximate surface area is 352 Å². The summed E-state index contributed by atoms with van der Waals surface area (Å²) >= 11 is 0. The van der Waals surface area contributed by atoms with Crippen molar-refractivity contribution in [1.29, 1.82) is 0 Å². The summed E-state index contributed by atoms with van der Waals surface area (Å²) in [4.78, 5) is 37.5. The standard InChI is InChI=1S/C48H84N4O6/c1-29-40-24-36(48(40,3)4)25-41(29)50-47(56)44-43(30(2)54)42(28-53)58-52(44)27-33-19-14-20-38(45(33)57-7)34-21-35(23-37(22-34)51(5)6)46(55)49-26-39(31-15-10-8-11-16-31)32-17-12-9-13-18-32/h29-45,53-54H,8-28H2,1-7H3,(H,49,55)(H,50,56)/t29-,30-,33?,34?,35?,36?,37?,38?,40-,41-,42-,43-,44-,45?/m0/s1. The number of nitrogens with zero attached hydrogens (tertiary/aromatic N) is 2. The van der Waals surface area contributed by atoms with Crippen LogP contribution in [0.1, 0.15) is 143 Å². The zero-order valence-electron chi connectivity index (χ0n) is 37.6. The number of fused-ring (bicyclic) bond motifs is 2. The van der Waals surface area contributed by atoms with Gasteiger partial charge in [0.2, 0.25) is 11.8 Å². The fourth-order valence-electron chi connectivity index (χ4n) is 14.6. The number of amides is 2. The average Bonchev–Trinajstić information content (AvgIpc) is 3.60. The second-order valence-electron chi connectivity index (χ2n) is 21.8. The van der Waals surface area contributed by atoms with Gasteiger partial charge in [0, 0.05) is 50.0 Å². The summed E-state index contributed by atoms with van der Waals surface area (Å²) < 4.78 is 6.48. The number of nitrogens with one attached hydrogen (secondary N) is 2. The zero-order chi connectivity index (χ0) is 41.3. The maximum Gasteiger partial charge on any atom is 0.240 e. The first-order valence-electron chi connectivity index (χ1n) is 24.3. The summed E-state index contributed by atoms with van der Waals surface area (Å²) in [6, 6.07) is -0.252. The number of aliphatic hydroxyl groups is 2. The van der Waals surface area contributed by atoms with Crippen LogP contribution in [0.3, 0.4) is 0 Å². The van der Waals surface area contributed by atoms with Crippen molar-refractivity contribution in [3.8, 4) is 0 Å². The van der Waals surface area contributed by atoms with E-state index in [4.69, 9.17) is 9.57 Å². The fourth-order valence-corrected chi connectivity index (χ4v) is 14.6. The van der Waals surface area contributed by atoms with Crippen molar-refractivity contribution >= 4 is 11.8 Å². The quantitative estimate of drug-likeness (QED) is 0.151. The zero-order valence-corrected chi connectivity index (χ0v) is 37.6. The highest BCUT2D eigenvalue weighted by molar-refractivity contribution is 5.83. The lowest BCUT2D eigenvalue weighted by molar-refractivity contribution is -0.193. The normalized spacial score (nSPS) is 40.6. The third kappa shape index (κ3) is 9.38. The molecule has 7 aliphatic carbocycles. The molecular weight excluding hydrogens is 729 g/mol. The van der Waals surface area contributed by atoms with Crippen molar-refractivity contribution in [1.82, 2.24) is 20.6 Å². The highest BCUT2D eigenvalue weighted by Crippen LogP contribution is 2.61. The van der Waals surface area contributed by atoms with Crippen LogP contribution < -0.4 is 10.6 Å². The van der Waals surface area contributed by atoms with Crippen molar-refractivity contribution in [3.63, 3.8) is 0 Å². The monoisotopic (exact) mass is 813 g/mol. The minimum Gasteiger partial charge on any atom is -0.394 e. The molecule has 7 saturated carbocycles. The van der Waals surface area contributed by atoms with E-state index in [1.165, 1.54) is 70.6 Å². The number of rotatable bonds is 14. The molecule has 0 aromatic carbocycles. The van der Waals surface area contributed by atoms with Gasteiger partial charge in [-0.15, -0.1) is 0 Å². The number of methoxy groups -OCH3 is 1. The Morgan fingerprint density at radius 1 is 0.897 bits per heavy atom. The largest absolute Gasteiger partial charge is 0.394 e. The molecule has 10 nitrogen and oxygen atoms in total. The van der Waals surface area contributed by atoms with Crippen LogP contribution in [-0.4, -0.2) is 109 Å². The molecule has 7 unspecified atom stereocenters. The summed E-state index contributed by atoms with van der Waals surface area (Å²) in [5.74, 6) is 4.14. The van der Waals surface area contributed by atoms with Gasteiger partial charge >= 0.3 is 0 Å². The fraction of sp³-hybridized carbons (Fsp3) is 0.958. The summed E-state index contributed by atoms with van der Waals surface area (Å²) in [6.07, 6.45) is 20.1. The van der Waals surface area contributed by atoms with Gasteiger partial charge in [0.05, 0.1) is 18.8 Å². The lowest BCUT2D eigenvalue weighted by Gasteiger charge is -2.62. The van der Waals surface area contributed by atoms with Gasteiger partial charge in [-0.25, -0.2) is 0 Å². The average molecular weight is 813 g/mol. The van der Waals surface area contributed by atoms with E-state index in [9.17, 15) is 19.8 Å². The predicted octanol–water partition coefficient (Wildman–Crippen LogP) is 6.82. The van der Waals surface area contributed by atoms with Crippen LogP contribution in [0.15, 0.2) is 0 Å². The molecule has 0 radical (unpaired) electrons. The van der Waals surface area contributed by atoms with E-state index in [-0.39, 0.29) is 42.4 Å². The molecule has 8 fully saturated rings. The molecular formula is C48H84N4O6. The maximum absolute atomic E-state index is 14.4. The van der Waals surface area contributed by atoms with Crippen LogP contribution in [-0.2, 0) is 19.2 Å². The molecule has 2 amide bonds. The Balaban J connectivity index is 1.03. The predicted molar refractivity (Wildman–Crippen MR) is 228 cm³/mol. The summed E-state index contributed by atoms with van der Waals surface area (Å²) in [5, 5.41) is 30.4. The first-order chi connectivity index (χ1) is 27.8. The van der Waals surface area contributed by atoms with E-state index in [0.717, 1.165) is 63.3 Å². The third-order valence-electron chi connectivity index (χ3n) is 18.2. The number of aliphatic hydroxyl groups excluding tert-OH is 2. The molecule has 1 saturated heterocycles. The molecule has 2 bridgehead atoms. The van der Waals surface area contributed by atoms with Gasteiger partial charge in [-0.05, 0) is 119 Å². The summed E-state index contributed by atoms with van der Waals surface area (Å²) in [6.45, 7) is 9.85. The van der Waals surface area contributed by atoms with Crippen molar-refractivity contribution < 1.29 is 29.4 Å². The molecule has 10 heteroatoms. The van der Waals surface area contributed by atoms with Crippen molar-refractivity contribution in [2.75, 3.05) is 40.9 Å². The summed E-state index contributed by atoms with van der Waals surface area (Å²) in [7, 11) is 6.18. The van der Waals surface area contributed by atoms with E-state index in [1.807, 2.05) is 12.2 Å². The molecule has 4 N–H and O–H groups in total. The topological polar surface area (TPSA) is 124 Å². The number of hydrogen-bond acceptors (Lipinski definition) is 8. The molecule has 0 aromatic heterocycles. The van der Waals surface area contributed by atoms with Crippen molar-refractivity contribution in [2.24, 2.45) is 70.5 Å². The Bertz CT molecular complexity index is 1330. The SMILES string of the molecule is COC1C(CN2O[C@@H](CO)[C@H]([C@H](C)O)[C@H]2C(=O)N[C@H]2CC3C[C@@H]([C@@H]2C)C3(C)C)CCCC1C1CC(C(=O)NCC(C2CCCCC2)C2CCCCC2)CC(N(C)C)C1. The molecule has 0 aromatic rings. The number of carbonyl (C=O) groups is 2. The van der Waals surface area contributed by atoms with E-state index in [2.05, 4.69) is 50.4 Å². The Kier molecular flexibility index (Phi) is 15.0. The molecule has 8 aliphatic rings. The lowest BCUT2D eigenvalue weighted by atomic mass is 9.45. The number of hydrogen-bond donors (Lipinski definition) is 4. The minimum atomic E-state index is -0.819. The van der Waals surface area contributed by atoms with Gasteiger partial charge in [0.25, 0.3) is 0 Å². The van der Waals surface area contributed by atoms with Gasteiger partial charge in [-0.3, -0.25) is 14.4 Å². The summed E-state index contributed by atoms with van der Waals surface area (Å²) in [5.41, 5.74) is 0.320. The van der Waals surface area contributed by atoms with E-state index in [1.54, 1.807) is 6.92 Å². The van der Waals surface area contributed by atoms with Crippen LogP contribution >= 0.6 is 0 Å². The second kappa shape index (κ2) is 19.4. The third-order valence-corrected chi connectivity index (χ3v) is 18.2. The van der Waals surface area contributed by atoms with E-state index in [0.29, 0.717) is 53.5 Å². The minimum absolute atomic E-state index is 0.00621. The van der Waals surface area contributed by atoms with E-state index < -0.39 is 24.2 Å². The molecule has 58 heavy (non-hydrogen) atoms. The highest BCUT2D eigenvalue weighted by atomic mass is 16.7. The van der Waals surface area contributed by atoms with Crippen LogP contribution in [0.25, 0.3) is 0 Å². The number of carbonyl (C=O) groups excluding carboxylic acids is 2. The molecule has 0 spiro atoms. The molecule has 8 rings (SSSR count). The molecule has 332 valence electrons. The Hall–Kier alpha value is -1.30. The Morgan fingerprint density at radius 2 is 1.57 bits per heavy atom. The molecule has 14 atom stereocenters. The van der Waals surface area contributed by atoms with Crippen LogP contribution in [0.2, 0.25) is 0 Å². The first-order valence-corrected chi connectivity index (χ1v) is 24.3. The smallest absolute Gasteiger partial charge is 0.240 e. The Morgan fingerprint density at radius 3 is 2.14 bits per heavy atom. The number of ether oxygens (including phenoxy) is 1. The molecule has 1 aliphatic heterocycles. The lowest BCUT2D eigenvalue weighted by Crippen LogP contribution is -2.62. The van der Waals surface area contributed by atoms with Gasteiger partial charge in [0.1, 0.15) is 12.1 Å². The van der Waals surface area contributed by atoms with Gasteiger partial charge in [-0.1, -0.05) is 91.4 Å². The second-order valence-corrected chi connectivity index (χ2v) is 21.8. The van der Waals surface area contributed by atoms with Gasteiger partial charge < -0.3 is 30.5 Å². The molecule has 1 heterocycles. The van der Waals surface area contributed by atoms with Crippen LogP contribution in [0.5, 0.6) is 0 Å². The van der Waals surface area contributed by atoms with Crippen molar-refractivity contribution in [2.45, 2.75) is 180 Å². The van der Waals surface area contributed by atoms with E-state index >= 15 is 0 Å². The van der Waals surface area contributed by atoms with Crippen LogP contribution in [0.4, 0.5) is 0 Å². The highest BCUT2D eigenvalue weighted by Gasteiger charge is 2.58. The van der Waals surface area contributed by atoms with Crippen molar-refractivity contribution in [3.05, 3.63) is 0 Å². The maximum atomic E-state index is 14.4. The van der Waals surface area contributed by atoms with Gasteiger partial charge in [0.15, 0.2) is 0 Å². The van der Waals surface area contributed by atoms with Crippen LogP contribution in [0, 0.1) is 70.5 Å². The van der Waals surface area contributed by atoms with Gasteiger partial charge in [-0.2, -0.15) is 5.06 Å².